The lowest BCUT2D eigenvalue weighted by Crippen LogP contribution is -2.28. The number of nitrogens with zero attached hydrogens (tertiary/aromatic N) is 3. The summed E-state index contributed by atoms with van der Waals surface area (Å²) in [6.07, 6.45) is 1.74. The molecule has 5 rings (SSSR count). The number of aryl methyl sites for hydroxylation is 1. The molecule has 1 atom stereocenters. The molecule has 180 valence electrons. The molecular formula is C25H24ClN5O4. The Morgan fingerprint density at radius 1 is 1.31 bits per heavy atom. The van der Waals surface area contributed by atoms with Crippen LogP contribution in [0.4, 0.5) is 5.69 Å². The van der Waals surface area contributed by atoms with Gasteiger partial charge in [-0.05, 0) is 44.5 Å². The zero-order valence-electron chi connectivity index (χ0n) is 19.5. The Balaban J connectivity index is 1.66. The number of hydrogen-bond donors (Lipinski definition) is 3. The molecule has 0 aliphatic carbocycles. The van der Waals surface area contributed by atoms with Gasteiger partial charge in [-0.25, -0.2) is 9.78 Å². The van der Waals surface area contributed by atoms with Gasteiger partial charge in [0.05, 0.1) is 41.1 Å². The van der Waals surface area contributed by atoms with Gasteiger partial charge in [0.15, 0.2) is 11.1 Å². The van der Waals surface area contributed by atoms with Gasteiger partial charge >= 0.3 is 5.97 Å². The Hall–Kier alpha value is -3.69. The minimum atomic E-state index is -1.19. The average Bonchev–Trinajstić information content (AvgIpc) is 3.26. The van der Waals surface area contributed by atoms with Gasteiger partial charge in [0, 0.05) is 24.2 Å². The topological polar surface area (TPSA) is 122 Å². The van der Waals surface area contributed by atoms with Gasteiger partial charge in [0.2, 0.25) is 0 Å². The third-order valence-corrected chi connectivity index (χ3v) is 6.49. The lowest BCUT2D eigenvalue weighted by Gasteiger charge is -2.20. The fourth-order valence-electron chi connectivity index (χ4n) is 4.54. The molecule has 0 radical (unpaired) electrons. The number of anilines is 1. The molecule has 1 aliphatic heterocycles. The molecule has 0 fully saturated rings. The number of fused-ring (bicyclic) bond motifs is 2. The van der Waals surface area contributed by atoms with Gasteiger partial charge in [0.25, 0.3) is 0 Å². The number of aromatic carboxylic acids is 1. The molecule has 0 spiro atoms. The number of pyridine rings is 1. The van der Waals surface area contributed by atoms with E-state index in [4.69, 9.17) is 16.0 Å². The van der Waals surface area contributed by atoms with Gasteiger partial charge in [-0.15, -0.1) is 0 Å². The molecule has 0 saturated heterocycles. The van der Waals surface area contributed by atoms with E-state index in [-0.39, 0.29) is 16.3 Å². The summed E-state index contributed by atoms with van der Waals surface area (Å²) < 4.78 is 8.38. The van der Waals surface area contributed by atoms with E-state index < -0.39 is 12.0 Å². The lowest BCUT2D eigenvalue weighted by molar-refractivity contribution is 0.0691. The van der Waals surface area contributed by atoms with E-state index in [1.807, 2.05) is 30.7 Å². The Morgan fingerprint density at radius 2 is 2.11 bits per heavy atom. The minimum Gasteiger partial charge on any atom is -0.476 e. The Bertz CT molecular complexity index is 1540. The third kappa shape index (κ3) is 4.06. The standard InChI is InChI=1S/C25H24ClN5O4/c1-12-8-15(14(3)29-18-4-5-20(26)30-21(18)25(33)34)24-16(9-12)22(32)13(2)23(35-24)17-10-28-31-7-6-27-11-19(17)31/h4-5,8-10,14,27,29H,6-7,11H2,1-3H3,(H,33,34)/t14-/m1/s1. The number of carbonyl (C=O) groups is 1. The zero-order valence-corrected chi connectivity index (χ0v) is 20.2. The second-order valence-electron chi connectivity index (χ2n) is 8.72. The van der Waals surface area contributed by atoms with Crippen LogP contribution in [-0.2, 0) is 13.1 Å². The molecule has 4 heterocycles. The van der Waals surface area contributed by atoms with Crippen molar-refractivity contribution < 1.29 is 14.3 Å². The molecule has 1 aliphatic rings. The second kappa shape index (κ2) is 8.83. The Morgan fingerprint density at radius 3 is 2.89 bits per heavy atom. The molecule has 10 heteroatoms. The largest absolute Gasteiger partial charge is 0.476 e. The van der Waals surface area contributed by atoms with Crippen LogP contribution in [0.5, 0.6) is 0 Å². The molecule has 0 amide bonds. The number of aromatic nitrogens is 3. The van der Waals surface area contributed by atoms with E-state index in [1.165, 1.54) is 6.07 Å². The Labute approximate surface area is 205 Å². The van der Waals surface area contributed by atoms with Crippen molar-refractivity contribution in [3.05, 3.63) is 73.9 Å². The maximum absolute atomic E-state index is 13.5. The van der Waals surface area contributed by atoms with Crippen LogP contribution in [-0.4, -0.2) is 32.4 Å². The highest BCUT2D eigenvalue weighted by molar-refractivity contribution is 6.29. The van der Waals surface area contributed by atoms with E-state index in [2.05, 4.69) is 20.7 Å². The van der Waals surface area contributed by atoms with Crippen molar-refractivity contribution in [3.63, 3.8) is 0 Å². The average molecular weight is 494 g/mol. The predicted molar refractivity (Wildman–Crippen MR) is 133 cm³/mol. The van der Waals surface area contributed by atoms with Gasteiger partial charge in [-0.2, -0.15) is 5.10 Å². The SMILES string of the molecule is Cc1cc([C@@H](C)Nc2ccc(Cl)nc2C(=O)O)c2oc(-c3cnn4c3CNCC4)c(C)c(=O)c2c1. The molecule has 0 unspecified atom stereocenters. The summed E-state index contributed by atoms with van der Waals surface area (Å²) in [5.41, 5.74) is 4.37. The van der Waals surface area contributed by atoms with Crippen molar-refractivity contribution in [1.29, 1.82) is 0 Å². The minimum absolute atomic E-state index is 0.0896. The smallest absolute Gasteiger partial charge is 0.356 e. The number of hydrogen-bond acceptors (Lipinski definition) is 7. The van der Waals surface area contributed by atoms with Crippen LogP contribution in [0.1, 0.15) is 45.8 Å². The zero-order chi connectivity index (χ0) is 24.9. The Kier molecular flexibility index (Phi) is 5.82. The predicted octanol–water partition coefficient (Wildman–Crippen LogP) is 4.30. The summed E-state index contributed by atoms with van der Waals surface area (Å²) in [7, 11) is 0. The number of halogens is 1. The van der Waals surface area contributed by atoms with Gasteiger partial charge in [0.1, 0.15) is 16.5 Å². The van der Waals surface area contributed by atoms with E-state index in [9.17, 15) is 14.7 Å². The molecule has 9 nitrogen and oxygen atoms in total. The van der Waals surface area contributed by atoms with Gasteiger partial charge < -0.3 is 20.2 Å². The van der Waals surface area contributed by atoms with Crippen LogP contribution in [0.3, 0.4) is 0 Å². The maximum atomic E-state index is 13.5. The van der Waals surface area contributed by atoms with Crippen LogP contribution in [0.15, 0.2) is 39.7 Å². The molecule has 35 heavy (non-hydrogen) atoms. The number of rotatable bonds is 5. The van der Waals surface area contributed by atoms with Crippen molar-refractivity contribution in [3.8, 4) is 11.3 Å². The molecule has 0 saturated carbocycles. The highest BCUT2D eigenvalue weighted by Crippen LogP contribution is 2.34. The van der Waals surface area contributed by atoms with Crippen molar-refractivity contribution in [2.75, 3.05) is 11.9 Å². The summed E-state index contributed by atoms with van der Waals surface area (Å²) in [5, 5.41) is 21.1. The van der Waals surface area contributed by atoms with Gasteiger partial charge in [-0.3, -0.25) is 9.48 Å². The molecule has 3 N–H and O–H groups in total. The molecule has 1 aromatic carbocycles. The summed E-state index contributed by atoms with van der Waals surface area (Å²) >= 11 is 5.90. The van der Waals surface area contributed by atoms with E-state index in [0.29, 0.717) is 34.5 Å². The van der Waals surface area contributed by atoms with Crippen LogP contribution >= 0.6 is 11.6 Å². The molecule has 4 aromatic rings. The first-order valence-corrected chi connectivity index (χ1v) is 11.6. The summed E-state index contributed by atoms with van der Waals surface area (Å²) in [4.78, 5) is 29.1. The summed E-state index contributed by atoms with van der Waals surface area (Å²) in [6.45, 7) is 7.77. The second-order valence-corrected chi connectivity index (χ2v) is 9.11. The number of carboxylic acids is 1. The van der Waals surface area contributed by atoms with Crippen molar-refractivity contribution in [2.24, 2.45) is 0 Å². The molecule has 3 aromatic heterocycles. The van der Waals surface area contributed by atoms with Crippen molar-refractivity contribution in [2.45, 2.75) is 39.9 Å². The van der Waals surface area contributed by atoms with Gasteiger partial charge in [-0.1, -0.05) is 17.7 Å². The maximum Gasteiger partial charge on any atom is 0.356 e. The number of carboxylic acid groups (broad SMARTS) is 1. The fraction of sp³-hybridized carbons (Fsp3) is 0.280. The van der Waals surface area contributed by atoms with E-state index in [0.717, 1.165) is 35.5 Å². The molecule has 0 bridgehead atoms. The summed E-state index contributed by atoms with van der Waals surface area (Å²) in [5.74, 6) is -0.704. The summed E-state index contributed by atoms with van der Waals surface area (Å²) in [6, 6.07) is 6.44. The highest BCUT2D eigenvalue weighted by Gasteiger charge is 2.24. The first-order chi connectivity index (χ1) is 16.7. The number of benzene rings is 1. The highest BCUT2D eigenvalue weighted by atomic mass is 35.5. The van der Waals surface area contributed by atoms with Crippen molar-refractivity contribution >= 4 is 34.2 Å². The first-order valence-electron chi connectivity index (χ1n) is 11.2. The monoisotopic (exact) mass is 493 g/mol. The van der Waals surface area contributed by atoms with E-state index in [1.54, 1.807) is 19.2 Å². The normalized spacial score (nSPS) is 14.1. The van der Waals surface area contributed by atoms with Crippen LogP contribution in [0, 0.1) is 13.8 Å². The fourth-order valence-corrected chi connectivity index (χ4v) is 4.69. The van der Waals surface area contributed by atoms with Crippen LogP contribution in [0.25, 0.3) is 22.3 Å². The lowest BCUT2D eigenvalue weighted by atomic mass is 9.98. The van der Waals surface area contributed by atoms with Crippen LogP contribution in [0.2, 0.25) is 5.15 Å². The number of nitrogens with one attached hydrogen (secondary N) is 2. The molecular weight excluding hydrogens is 470 g/mol. The third-order valence-electron chi connectivity index (χ3n) is 6.28. The first kappa shape index (κ1) is 23.1. The van der Waals surface area contributed by atoms with Crippen molar-refractivity contribution in [1.82, 2.24) is 20.1 Å². The van der Waals surface area contributed by atoms with E-state index >= 15 is 0 Å². The quantitative estimate of drug-likeness (QED) is 0.352. The van der Waals surface area contributed by atoms with Crippen LogP contribution < -0.4 is 16.1 Å².